The Hall–Kier alpha value is -1.88. The number of carbonyl (C=O) groups excluding carboxylic acids is 2. The predicted molar refractivity (Wildman–Crippen MR) is 73.3 cm³/mol. The number of hydrogen-bond acceptors (Lipinski definition) is 3. The molecule has 19 heavy (non-hydrogen) atoms. The maximum absolute atomic E-state index is 11.8. The highest BCUT2D eigenvalue weighted by Gasteiger charge is 2.25. The Bertz CT molecular complexity index is 470. The van der Waals surface area contributed by atoms with E-state index in [9.17, 15) is 9.59 Å². The summed E-state index contributed by atoms with van der Waals surface area (Å²) in [5.41, 5.74) is 6.93. The van der Waals surface area contributed by atoms with E-state index >= 15 is 0 Å². The van der Waals surface area contributed by atoms with Gasteiger partial charge in [-0.05, 0) is 30.5 Å². The molecule has 102 valence electrons. The largest absolute Gasteiger partial charge is 0.351 e. The normalized spacial score (nSPS) is 14.6. The summed E-state index contributed by atoms with van der Waals surface area (Å²) in [7, 11) is 0. The molecule has 4 N–H and O–H groups in total. The average Bonchev–Trinajstić information content (AvgIpc) is 2.34. The van der Waals surface area contributed by atoms with Crippen LogP contribution in [-0.4, -0.2) is 18.4 Å². The van der Waals surface area contributed by atoms with Crippen LogP contribution in [0.25, 0.3) is 0 Å². The van der Waals surface area contributed by atoms with Crippen molar-refractivity contribution in [3.8, 4) is 0 Å². The third-order valence-corrected chi connectivity index (χ3v) is 3.35. The number of hydrogen-bond donors (Lipinski definition) is 3. The smallest absolute Gasteiger partial charge is 0.234 e. The molecule has 0 aliphatic heterocycles. The first-order valence-electron chi connectivity index (χ1n) is 6.55. The molecule has 1 aromatic rings. The Morgan fingerprint density at radius 2 is 2.11 bits per heavy atom. The Kier molecular flexibility index (Phi) is 4.52. The minimum absolute atomic E-state index is 0.0158. The Morgan fingerprint density at radius 3 is 2.74 bits per heavy atom. The van der Waals surface area contributed by atoms with Crippen molar-refractivity contribution in [2.45, 2.75) is 25.8 Å². The van der Waals surface area contributed by atoms with Crippen molar-refractivity contribution in [3.63, 3.8) is 0 Å². The molecule has 0 spiro atoms. The minimum atomic E-state index is -0.191. The fourth-order valence-corrected chi connectivity index (χ4v) is 1.95. The van der Waals surface area contributed by atoms with Crippen molar-refractivity contribution in [1.29, 1.82) is 0 Å². The zero-order valence-electron chi connectivity index (χ0n) is 10.8. The first-order valence-corrected chi connectivity index (χ1v) is 6.55. The number of benzene rings is 1. The molecule has 1 aliphatic rings. The van der Waals surface area contributed by atoms with Crippen molar-refractivity contribution in [2.75, 3.05) is 11.9 Å². The van der Waals surface area contributed by atoms with Gasteiger partial charge in [0.2, 0.25) is 11.8 Å². The number of amides is 2. The monoisotopic (exact) mass is 261 g/mol. The van der Waals surface area contributed by atoms with Crippen LogP contribution in [0.15, 0.2) is 24.3 Å². The quantitative estimate of drug-likeness (QED) is 0.739. The lowest BCUT2D eigenvalue weighted by molar-refractivity contribution is -0.122. The lowest BCUT2D eigenvalue weighted by atomic mass is 9.85. The molecule has 0 heterocycles. The third kappa shape index (κ3) is 3.79. The van der Waals surface area contributed by atoms with Gasteiger partial charge in [-0.2, -0.15) is 0 Å². The van der Waals surface area contributed by atoms with Gasteiger partial charge in [0, 0.05) is 18.2 Å². The van der Waals surface area contributed by atoms with Crippen LogP contribution in [-0.2, 0) is 16.1 Å². The number of carbonyl (C=O) groups is 2. The molecule has 0 bridgehead atoms. The second-order valence-electron chi connectivity index (χ2n) is 4.80. The van der Waals surface area contributed by atoms with Gasteiger partial charge in [-0.25, -0.2) is 0 Å². The zero-order valence-corrected chi connectivity index (χ0v) is 10.8. The average molecular weight is 261 g/mol. The molecule has 0 unspecified atom stereocenters. The van der Waals surface area contributed by atoms with Crippen molar-refractivity contribution >= 4 is 17.5 Å². The molecule has 1 aromatic carbocycles. The number of rotatable bonds is 5. The van der Waals surface area contributed by atoms with E-state index < -0.39 is 0 Å². The molecule has 5 heteroatoms. The van der Waals surface area contributed by atoms with Crippen LogP contribution >= 0.6 is 0 Å². The number of nitrogens with one attached hydrogen (secondary N) is 2. The summed E-state index contributed by atoms with van der Waals surface area (Å²) in [4.78, 5) is 22.9. The molecule has 0 saturated heterocycles. The highest BCUT2D eigenvalue weighted by molar-refractivity contribution is 5.93. The standard InChI is InChI=1S/C14H19N3O2/c15-8-13(18)16-9-10-3-1-6-12(7-10)17-14(19)11-4-2-5-11/h1,3,6-7,11H,2,4-5,8-9,15H2,(H,16,18)(H,17,19). The molecule has 0 aromatic heterocycles. The molecule has 1 aliphatic carbocycles. The molecule has 0 atom stereocenters. The Morgan fingerprint density at radius 1 is 1.32 bits per heavy atom. The van der Waals surface area contributed by atoms with Gasteiger partial charge in [0.05, 0.1) is 6.54 Å². The molecular formula is C14H19N3O2. The molecule has 2 rings (SSSR count). The van der Waals surface area contributed by atoms with E-state index in [0.29, 0.717) is 6.54 Å². The van der Waals surface area contributed by atoms with Crippen molar-refractivity contribution in [1.82, 2.24) is 5.32 Å². The lowest BCUT2D eigenvalue weighted by Crippen LogP contribution is -2.30. The van der Waals surface area contributed by atoms with Gasteiger partial charge in [0.15, 0.2) is 0 Å². The Labute approximate surface area is 112 Å². The highest BCUT2D eigenvalue weighted by Crippen LogP contribution is 2.27. The molecule has 0 radical (unpaired) electrons. The van der Waals surface area contributed by atoms with Crippen LogP contribution in [0.2, 0.25) is 0 Å². The summed E-state index contributed by atoms with van der Waals surface area (Å²) in [6.45, 7) is 0.404. The first-order chi connectivity index (χ1) is 9.19. The summed E-state index contributed by atoms with van der Waals surface area (Å²) in [6, 6.07) is 7.48. The zero-order chi connectivity index (χ0) is 13.7. The van der Waals surface area contributed by atoms with Crippen LogP contribution < -0.4 is 16.4 Å². The second kappa shape index (κ2) is 6.33. The number of nitrogens with two attached hydrogens (primary N) is 1. The fourth-order valence-electron chi connectivity index (χ4n) is 1.95. The van der Waals surface area contributed by atoms with Gasteiger partial charge in [0.1, 0.15) is 0 Å². The molecule has 1 fully saturated rings. The van der Waals surface area contributed by atoms with Crippen LogP contribution in [0.3, 0.4) is 0 Å². The number of anilines is 1. The molecule has 5 nitrogen and oxygen atoms in total. The van der Waals surface area contributed by atoms with Gasteiger partial charge in [-0.1, -0.05) is 18.6 Å². The summed E-state index contributed by atoms with van der Waals surface area (Å²) < 4.78 is 0. The van der Waals surface area contributed by atoms with Crippen molar-refractivity contribution in [3.05, 3.63) is 29.8 Å². The van der Waals surface area contributed by atoms with Gasteiger partial charge in [-0.3, -0.25) is 9.59 Å². The maximum atomic E-state index is 11.8. The van der Waals surface area contributed by atoms with E-state index in [2.05, 4.69) is 10.6 Å². The topological polar surface area (TPSA) is 84.2 Å². The van der Waals surface area contributed by atoms with E-state index in [1.165, 1.54) is 0 Å². The summed E-state index contributed by atoms with van der Waals surface area (Å²) in [5.74, 6) is 0.0684. The van der Waals surface area contributed by atoms with Gasteiger partial charge in [-0.15, -0.1) is 0 Å². The minimum Gasteiger partial charge on any atom is -0.351 e. The maximum Gasteiger partial charge on any atom is 0.234 e. The van der Waals surface area contributed by atoms with Crippen LogP contribution in [0.4, 0.5) is 5.69 Å². The van der Waals surface area contributed by atoms with Crippen LogP contribution in [0.1, 0.15) is 24.8 Å². The van der Waals surface area contributed by atoms with E-state index in [1.807, 2.05) is 24.3 Å². The molecular weight excluding hydrogens is 242 g/mol. The fraction of sp³-hybridized carbons (Fsp3) is 0.429. The second-order valence-corrected chi connectivity index (χ2v) is 4.80. The van der Waals surface area contributed by atoms with Crippen LogP contribution in [0, 0.1) is 5.92 Å². The predicted octanol–water partition coefficient (Wildman–Crippen LogP) is 1.00. The molecule has 2 amide bonds. The van der Waals surface area contributed by atoms with Gasteiger partial charge in [0.25, 0.3) is 0 Å². The first kappa shape index (κ1) is 13.5. The molecule has 1 saturated carbocycles. The lowest BCUT2D eigenvalue weighted by Gasteiger charge is -2.24. The summed E-state index contributed by atoms with van der Waals surface area (Å²) in [5, 5.41) is 5.61. The third-order valence-electron chi connectivity index (χ3n) is 3.35. The van der Waals surface area contributed by atoms with Gasteiger partial charge >= 0.3 is 0 Å². The van der Waals surface area contributed by atoms with Crippen molar-refractivity contribution < 1.29 is 9.59 Å². The SMILES string of the molecule is NCC(=O)NCc1cccc(NC(=O)C2CCC2)c1. The van der Waals surface area contributed by atoms with Gasteiger partial charge < -0.3 is 16.4 Å². The van der Waals surface area contributed by atoms with E-state index in [-0.39, 0.29) is 24.3 Å². The van der Waals surface area contributed by atoms with Crippen LogP contribution in [0.5, 0.6) is 0 Å². The summed E-state index contributed by atoms with van der Waals surface area (Å²) in [6.07, 6.45) is 3.11. The summed E-state index contributed by atoms with van der Waals surface area (Å²) >= 11 is 0. The van der Waals surface area contributed by atoms with E-state index in [4.69, 9.17) is 5.73 Å². The van der Waals surface area contributed by atoms with E-state index in [1.54, 1.807) is 0 Å². The van der Waals surface area contributed by atoms with Crippen molar-refractivity contribution in [2.24, 2.45) is 11.7 Å². The highest BCUT2D eigenvalue weighted by atomic mass is 16.2. The Balaban J connectivity index is 1.90. The van der Waals surface area contributed by atoms with E-state index in [0.717, 1.165) is 30.5 Å².